The number of nitrogens with zero attached hydrogens (tertiary/aromatic N) is 3. The zero-order chi connectivity index (χ0) is 14.8. The van der Waals surface area contributed by atoms with Crippen molar-refractivity contribution in [3.63, 3.8) is 0 Å². The van der Waals surface area contributed by atoms with Gasteiger partial charge in [-0.05, 0) is 35.4 Å². The van der Waals surface area contributed by atoms with Crippen LogP contribution in [-0.2, 0) is 0 Å². The van der Waals surface area contributed by atoms with Crippen LogP contribution in [0.2, 0.25) is 0 Å². The van der Waals surface area contributed by atoms with Crippen molar-refractivity contribution < 1.29 is 15.3 Å². The van der Waals surface area contributed by atoms with Gasteiger partial charge in [-0.2, -0.15) is 0 Å². The predicted octanol–water partition coefficient (Wildman–Crippen LogP) is 2.32. The second-order valence-electron chi connectivity index (χ2n) is 4.41. The molecule has 3 aromatic rings. The van der Waals surface area contributed by atoms with E-state index >= 15 is 0 Å². The molecule has 0 aliphatic carbocycles. The lowest BCUT2D eigenvalue weighted by Crippen LogP contribution is -1.88. The Bertz CT molecular complexity index is 788. The summed E-state index contributed by atoms with van der Waals surface area (Å²) < 4.78 is 0. The third kappa shape index (κ3) is 2.59. The highest BCUT2D eigenvalue weighted by Gasteiger charge is 2.09. The summed E-state index contributed by atoms with van der Waals surface area (Å²) in [5.41, 5.74) is 2.43. The van der Waals surface area contributed by atoms with Crippen molar-refractivity contribution in [2.45, 2.75) is 0 Å². The van der Waals surface area contributed by atoms with E-state index in [2.05, 4.69) is 15.2 Å². The number of rotatable bonds is 2. The Balaban J connectivity index is 2.02. The minimum atomic E-state index is -0.179. The van der Waals surface area contributed by atoms with Crippen LogP contribution in [0.15, 0.2) is 48.7 Å². The Hall–Kier alpha value is -3.15. The normalized spacial score (nSPS) is 10.5. The first-order valence-electron chi connectivity index (χ1n) is 6.15. The van der Waals surface area contributed by atoms with Gasteiger partial charge < -0.3 is 15.3 Å². The molecule has 0 aliphatic heterocycles. The van der Waals surface area contributed by atoms with Gasteiger partial charge in [-0.15, -0.1) is 10.2 Å². The third-order valence-corrected chi connectivity index (χ3v) is 3.00. The lowest BCUT2D eigenvalue weighted by molar-refractivity contribution is 0.445. The van der Waals surface area contributed by atoms with Gasteiger partial charge in [0.15, 0.2) is 0 Å². The molecule has 0 aliphatic rings. The quantitative estimate of drug-likeness (QED) is 0.666. The summed E-state index contributed by atoms with van der Waals surface area (Å²) in [5, 5.41) is 36.0. The van der Waals surface area contributed by atoms with E-state index in [4.69, 9.17) is 5.11 Å². The van der Waals surface area contributed by atoms with Crippen LogP contribution in [0.4, 0.5) is 0 Å². The Morgan fingerprint density at radius 2 is 1.52 bits per heavy atom. The van der Waals surface area contributed by atoms with Gasteiger partial charge in [0, 0.05) is 23.9 Å². The van der Waals surface area contributed by atoms with Gasteiger partial charge in [-0.3, -0.25) is 0 Å². The first kappa shape index (κ1) is 12.9. The third-order valence-electron chi connectivity index (χ3n) is 3.00. The first-order valence-corrected chi connectivity index (χ1v) is 6.15. The van der Waals surface area contributed by atoms with Crippen LogP contribution in [0.1, 0.15) is 0 Å². The van der Waals surface area contributed by atoms with Gasteiger partial charge in [-0.25, -0.2) is 4.98 Å². The fourth-order valence-electron chi connectivity index (χ4n) is 1.99. The van der Waals surface area contributed by atoms with Gasteiger partial charge in [0.1, 0.15) is 5.75 Å². The summed E-state index contributed by atoms with van der Waals surface area (Å²) in [6.07, 6.45) is 1.49. The summed E-state index contributed by atoms with van der Waals surface area (Å²) in [7, 11) is 0. The number of aromatic hydroxyl groups is 3. The molecule has 2 aromatic heterocycles. The van der Waals surface area contributed by atoms with Crippen molar-refractivity contribution >= 4 is 0 Å². The van der Waals surface area contributed by atoms with Crippen LogP contribution in [0, 0.1) is 0 Å². The molecule has 2 heterocycles. The van der Waals surface area contributed by atoms with E-state index in [-0.39, 0.29) is 17.5 Å². The van der Waals surface area contributed by atoms with E-state index in [0.29, 0.717) is 11.3 Å². The maximum absolute atomic E-state index is 10.1. The fraction of sp³-hybridized carbons (Fsp3) is 0. The van der Waals surface area contributed by atoms with Gasteiger partial charge in [0.05, 0.1) is 5.69 Å². The van der Waals surface area contributed by atoms with Crippen molar-refractivity contribution in [2.24, 2.45) is 0 Å². The molecule has 0 radical (unpaired) electrons. The number of aromatic nitrogens is 3. The van der Waals surface area contributed by atoms with Crippen LogP contribution < -0.4 is 0 Å². The van der Waals surface area contributed by atoms with E-state index in [9.17, 15) is 10.2 Å². The number of hydrogen-bond donors (Lipinski definition) is 3. The molecule has 104 valence electrons. The smallest absolute Gasteiger partial charge is 0.230 e. The van der Waals surface area contributed by atoms with E-state index in [0.717, 1.165) is 11.1 Å². The highest BCUT2D eigenvalue weighted by atomic mass is 16.3. The molecule has 0 spiro atoms. The number of benzene rings is 1. The van der Waals surface area contributed by atoms with Gasteiger partial charge in [0.2, 0.25) is 11.8 Å². The average Bonchev–Trinajstić information content (AvgIpc) is 2.48. The Morgan fingerprint density at radius 3 is 2.19 bits per heavy atom. The number of phenolic OH excluding ortho intramolecular Hbond substituents is 1. The molecule has 0 bridgehead atoms. The molecule has 0 atom stereocenters. The molecule has 3 N–H and O–H groups in total. The molecule has 0 amide bonds. The van der Waals surface area contributed by atoms with E-state index in [1.54, 1.807) is 30.3 Å². The summed E-state index contributed by atoms with van der Waals surface area (Å²) in [5.74, 6) is -0.230. The second kappa shape index (κ2) is 5.09. The lowest BCUT2D eigenvalue weighted by atomic mass is 10.0. The van der Waals surface area contributed by atoms with Crippen LogP contribution in [0.3, 0.4) is 0 Å². The lowest BCUT2D eigenvalue weighted by Gasteiger charge is -2.07. The van der Waals surface area contributed by atoms with Crippen LogP contribution in [0.25, 0.3) is 22.4 Å². The van der Waals surface area contributed by atoms with Crippen LogP contribution >= 0.6 is 0 Å². The topological polar surface area (TPSA) is 99.4 Å². The molecule has 0 fully saturated rings. The maximum atomic E-state index is 10.1. The monoisotopic (exact) mass is 281 g/mol. The molecule has 0 saturated heterocycles. The van der Waals surface area contributed by atoms with Crippen molar-refractivity contribution in [1.82, 2.24) is 15.2 Å². The standard InChI is InChI=1S/C15H11N3O3/c19-13-7-9(10-5-6-16-15(21)8-10)1-2-11(13)12-3-4-14(20)18-17-12/h1-8,19H,(H,16,21)(H,18,20). The first-order chi connectivity index (χ1) is 10.1. The molecule has 3 rings (SSSR count). The zero-order valence-electron chi connectivity index (χ0n) is 10.8. The van der Waals surface area contributed by atoms with E-state index in [1.165, 1.54) is 18.3 Å². The summed E-state index contributed by atoms with van der Waals surface area (Å²) >= 11 is 0. The zero-order valence-corrected chi connectivity index (χ0v) is 10.8. The Labute approximate surface area is 120 Å². The molecular formula is C15H11N3O3. The maximum Gasteiger partial charge on any atom is 0.230 e. The number of phenols is 1. The van der Waals surface area contributed by atoms with E-state index in [1.807, 2.05) is 0 Å². The molecule has 6 nitrogen and oxygen atoms in total. The van der Waals surface area contributed by atoms with Crippen molar-refractivity contribution in [2.75, 3.05) is 0 Å². The molecule has 0 saturated carbocycles. The minimum absolute atomic E-state index is 0.0313. The highest BCUT2D eigenvalue weighted by molar-refractivity contribution is 5.74. The summed E-state index contributed by atoms with van der Waals surface area (Å²) in [6.45, 7) is 0. The Kier molecular flexibility index (Phi) is 3.12. The molecule has 6 heteroatoms. The summed E-state index contributed by atoms with van der Waals surface area (Å²) in [4.78, 5) is 3.71. The highest BCUT2D eigenvalue weighted by Crippen LogP contribution is 2.32. The molecule has 21 heavy (non-hydrogen) atoms. The van der Waals surface area contributed by atoms with Crippen molar-refractivity contribution in [3.8, 4) is 39.9 Å². The van der Waals surface area contributed by atoms with E-state index < -0.39 is 0 Å². The minimum Gasteiger partial charge on any atom is -0.507 e. The van der Waals surface area contributed by atoms with Gasteiger partial charge >= 0.3 is 0 Å². The number of hydrogen-bond acceptors (Lipinski definition) is 6. The largest absolute Gasteiger partial charge is 0.507 e. The van der Waals surface area contributed by atoms with Gasteiger partial charge in [-0.1, -0.05) is 6.07 Å². The number of pyridine rings is 1. The fourth-order valence-corrected chi connectivity index (χ4v) is 1.99. The van der Waals surface area contributed by atoms with Crippen LogP contribution in [-0.4, -0.2) is 30.5 Å². The second-order valence-corrected chi connectivity index (χ2v) is 4.41. The SMILES string of the molecule is Oc1cc(-c2ccc(-c3ccc(O)nn3)c(O)c2)ccn1. The van der Waals surface area contributed by atoms with Gasteiger partial charge in [0.25, 0.3) is 0 Å². The molecule has 0 unspecified atom stereocenters. The molecule has 1 aromatic carbocycles. The predicted molar refractivity (Wildman–Crippen MR) is 75.7 cm³/mol. The van der Waals surface area contributed by atoms with Crippen molar-refractivity contribution in [1.29, 1.82) is 0 Å². The average molecular weight is 281 g/mol. The van der Waals surface area contributed by atoms with Crippen LogP contribution in [0.5, 0.6) is 17.5 Å². The Morgan fingerprint density at radius 1 is 0.714 bits per heavy atom. The summed E-state index contributed by atoms with van der Waals surface area (Å²) in [6, 6.07) is 11.3. The van der Waals surface area contributed by atoms with Crippen molar-refractivity contribution in [3.05, 3.63) is 48.7 Å². The molecular weight excluding hydrogens is 270 g/mol.